The number of hydrogen-bond acceptors (Lipinski definition) is 6. The maximum absolute atomic E-state index is 12.9. The zero-order valence-electron chi connectivity index (χ0n) is 15.0. The number of alkyl halides is 3. The van der Waals surface area contributed by atoms with Crippen molar-refractivity contribution < 1.29 is 26.7 Å². The summed E-state index contributed by atoms with van der Waals surface area (Å²) >= 11 is 1.01. The van der Waals surface area contributed by atoms with Crippen molar-refractivity contribution in [2.75, 3.05) is 36.8 Å². The van der Waals surface area contributed by atoms with Crippen molar-refractivity contribution in [2.45, 2.75) is 22.9 Å². The number of rotatable bonds is 4. The molecule has 0 saturated carbocycles. The second kappa shape index (κ2) is 7.21. The molecule has 154 valence electrons. The van der Waals surface area contributed by atoms with Gasteiger partial charge in [-0.25, -0.2) is 8.42 Å². The molecule has 1 aromatic carbocycles. The third-order valence-electron chi connectivity index (χ3n) is 4.78. The fraction of sp³-hybridized carbons (Fsp3) is 0.412. The Morgan fingerprint density at radius 2 is 1.61 bits per heavy atom. The fourth-order valence-electron chi connectivity index (χ4n) is 2.95. The number of nitrogens with zero attached hydrogens (tertiary/aromatic N) is 2. The van der Waals surface area contributed by atoms with Gasteiger partial charge in [0.15, 0.2) is 5.60 Å². The Bertz CT molecular complexity index is 933. The Balaban J connectivity index is 1.69. The van der Waals surface area contributed by atoms with E-state index in [1.807, 2.05) is 4.90 Å². The lowest BCUT2D eigenvalue weighted by molar-refractivity contribution is -0.258. The highest BCUT2D eigenvalue weighted by Crippen LogP contribution is 2.39. The second-order valence-electron chi connectivity index (χ2n) is 6.66. The SMILES string of the molecule is C[C@@](O)(c1ccc(N2CCN(S(=O)(=O)c3ccc(N)s3)CC2)cc1)C(F)(F)F. The van der Waals surface area contributed by atoms with E-state index in [2.05, 4.69) is 0 Å². The summed E-state index contributed by atoms with van der Waals surface area (Å²) in [6.45, 7) is 2.01. The summed E-state index contributed by atoms with van der Waals surface area (Å²) in [4.78, 5) is 1.89. The van der Waals surface area contributed by atoms with E-state index in [4.69, 9.17) is 5.73 Å². The monoisotopic (exact) mass is 435 g/mol. The van der Waals surface area contributed by atoms with Gasteiger partial charge in [0.1, 0.15) is 4.21 Å². The number of sulfonamides is 1. The van der Waals surface area contributed by atoms with E-state index >= 15 is 0 Å². The topological polar surface area (TPSA) is 86.9 Å². The Morgan fingerprint density at radius 1 is 1.04 bits per heavy atom. The van der Waals surface area contributed by atoms with Crippen LogP contribution >= 0.6 is 11.3 Å². The van der Waals surface area contributed by atoms with Crippen molar-refractivity contribution in [3.05, 3.63) is 42.0 Å². The minimum atomic E-state index is -4.78. The van der Waals surface area contributed by atoms with Gasteiger partial charge >= 0.3 is 6.18 Å². The molecular weight excluding hydrogens is 415 g/mol. The lowest BCUT2D eigenvalue weighted by Crippen LogP contribution is -2.48. The molecular formula is C17H20F3N3O3S2. The van der Waals surface area contributed by atoms with E-state index in [-0.39, 0.29) is 22.9 Å². The van der Waals surface area contributed by atoms with Crippen LogP contribution in [0.25, 0.3) is 0 Å². The largest absolute Gasteiger partial charge is 0.421 e. The quantitative estimate of drug-likeness (QED) is 0.771. The summed E-state index contributed by atoms with van der Waals surface area (Å²) in [6, 6.07) is 8.50. The van der Waals surface area contributed by atoms with Crippen molar-refractivity contribution in [1.82, 2.24) is 4.31 Å². The number of halogens is 3. The van der Waals surface area contributed by atoms with Gasteiger partial charge in [0, 0.05) is 31.9 Å². The van der Waals surface area contributed by atoms with E-state index in [0.717, 1.165) is 11.3 Å². The predicted molar refractivity (Wildman–Crippen MR) is 102 cm³/mol. The van der Waals surface area contributed by atoms with E-state index in [1.54, 1.807) is 6.07 Å². The van der Waals surface area contributed by atoms with Gasteiger partial charge in [-0.3, -0.25) is 0 Å². The molecule has 0 bridgehead atoms. The number of anilines is 2. The van der Waals surface area contributed by atoms with Crippen molar-refractivity contribution in [3.8, 4) is 0 Å². The minimum Gasteiger partial charge on any atom is -0.391 e. The number of nitrogen functional groups attached to an aromatic ring is 1. The number of hydrogen-bond donors (Lipinski definition) is 2. The first kappa shape index (κ1) is 20.9. The summed E-state index contributed by atoms with van der Waals surface area (Å²) in [5, 5.41) is 10.2. The molecule has 1 atom stereocenters. The Hall–Kier alpha value is -1.82. The third-order valence-corrected chi connectivity index (χ3v) is 8.06. The van der Waals surface area contributed by atoms with Crippen molar-refractivity contribution in [3.63, 3.8) is 0 Å². The molecule has 6 nitrogen and oxygen atoms in total. The van der Waals surface area contributed by atoms with Gasteiger partial charge in [-0.05, 0) is 36.8 Å². The van der Waals surface area contributed by atoms with Gasteiger partial charge in [-0.15, -0.1) is 11.3 Å². The Kier molecular flexibility index (Phi) is 5.38. The first-order valence-electron chi connectivity index (χ1n) is 8.43. The lowest BCUT2D eigenvalue weighted by Gasteiger charge is -2.35. The van der Waals surface area contributed by atoms with Gasteiger partial charge in [0.25, 0.3) is 10.0 Å². The van der Waals surface area contributed by atoms with Crippen LogP contribution in [-0.2, 0) is 15.6 Å². The molecule has 11 heteroatoms. The van der Waals surface area contributed by atoms with E-state index in [0.29, 0.717) is 30.7 Å². The smallest absolute Gasteiger partial charge is 0.391 e. The van der Waals surface area contributed by atoms with Crippen LogP contribution in [0.5, 0.6) is 0 Å². The van der Waals surface area contributed by atoms with Crippen LogP contribution in [0.4, 0.5) is 23.9 Å². The zero-order chi connectivity index (χ0) is 20.7. The van der Waals surface area contributed by atoms with Crippen LogP contribution in [0.2, 0.25) is 0 Å². The molecule has 1 aliphatic heterocycles. The molecule has 0 amide bonds. The average molecular weight is 435 g/mol. The standard InChI is InChI=1S/C17H20F3N3O3S2/c1-16(24,17(18,19)20)12-2-4-13(5-3-12)22-8-10-23(11-9-22)28(25,26)15-7-6-14(21)27-15/h2-7,24H,8-11,21H2,1H3/t16-/m1/s1. The summed E-state index contributed by atoms with van der Waals surface area (Å²) in [6.07, 6.45) is -4.78. The van der Waals surface area contributed by atoms with Crippen LogP contribution in [0.1, 0.15) is 12.5 Å². The van der Waals surface area contributed by atoms with Crippen LogP contribution < -0.4 is 10.6 Å². The molecule has 0 spiro atoms. The van der Waals surface area contributed by atoms with E-state index in [9.17, 15) is 26.7 Å². The normalized spacial score (nSPS) is 18.8. The Labute approximate surface area is 165 Å². The van der Waals surface area contributed by atoms with Crippen LogP contribution in [0.3, 0.4) is 0 Å². The highest BCUT2D eigenvalue weighted by atomic mass is 32.2. The van der Waals surface area contributed by atoms with Crippen LogP contribution in [0.15, 0.2) is 40.6 Å². The van der Waals surface area contributed by atoms with Crippen molar-refractivity contribution >= 4 is 32.0 Å². The maximum atomic E-state index is 12.9. The molecule has 28 heavy (non-hydrogen) atoms. The summed E-state index contributed by atoms with van der Waals surface area (Å²) in [5.41, 5.74) is 3.10. The molecule has 0 unspecified atom stereocenters. The second-order valence-corrected chi connectivity index (χ2v) is 9.94. The molecule has 1 saturated heterocycles. The van der Waals surface area contributed by atoms with E-state index < -0.39 is 21.8 Å². The van der Waals surface area contributed by atoms with Gasteiger partial charge in [-0.1, -0.05) is 12.1 Å². The molecule has 0 aliphatic carbocycles. The molecule has 0 radical (unpaired) electrons. The van der Waals surface area contributed by atoms with Crippen LogP contribution in [0, 0.1) is 0 Å². The van der Waals surface area contributed by atoms with Gasteiger partial charge < -0.3 is 15.7 Å². The number of piperazine rings is 1. The summed E-state index contributed by atoms with van der Waals surface area (Å²) < 4.78 is 65.6. The number of thiophene rings is 1. The summed E-state index contributed by atoms with van der Waals surface area (Å²) in [7, 11) is -3.60. The fourth-order valence-corrected chi connectivity index (χ4v) is 5.62. The number of benzene rings is 1. The molecule has 3 N–H and O–H groups in total. The average Bonchev–Trinajstić information content (AvgIpc) is 3.08. The predicted octanol–water partition coefficient (Wildman–Crippen LogP) is 2.61. The molecule has 1 fully saturated rings. The van der Waals surface area contributed by atoms with Crippen LogP contribution in [-0.4, -0.2) is 50.2 Å². The Morgan fingerprint density at radius 3 is 2.07 bits per heavy atom. The first-order valence-corrected chi connectivity index (χ1v) is 10.7. The highest BCUT2D eigenvalue weighted by Gasteiger charge is 2.51. The molecule has 3 rings (SSSR count). The maximum Gasteiger partial charge on any atom is 0.421 e. The van der Waals surface area contributed by atoms with Gasteiger partial charge in [0.05, 0.1) is 5.00 Å². The van der Waals surface area contributed by atoms with Gasteiger partial charge in [-0.2, -0.15) is 17.5 Å². The first-order chi connectivity index (χ1) is 12.9. The minimum absolute atomic E-state index is 0.192. The zero-order valence-corrected chi connectivity index (χ0v) is 16.6. The van der Waals surface area contributed by atoms with Gasteiger partial charge in [0.2, 0.25) is 0 Å². The molecule has 1 aromatic heterocycles. The number of nitrogens with two attached hydrogens (primary N) is 1. The molecule has 2 heterocycles. The summed E-state index contributed by atoms with van der Waals surface area (Å²) in [5.74, 6) is 0. The highest BCUT2D eigenvalue weighted by molar-refractivity contribution is 7.91. The van der Waals surface area contributed by atoms with Crippen molar-refractivity contribution in [2.24, 2.45) is 0 Å². The number of aliphatic hydroxyl groups is 1. The molecule has 1 aliphatic rings. The van der Waals surface area contributed by atoms with E-state index in [1.165, 1.54) is 34.6 Å². The molecule has 2 aromatic rings. The third kappa shape index (κ3) is 3.84. The van der Waals surface area contributed by atoms with Crippen molar-refractivity contribution in [1.29, 1.82) is 0 Å². The lowest BCUT2D eigenvalue weighted by atomic mass is 9.95.